The number of nitrogens with two attached hydrogens (primary N) is 1. The number of ether oxygens (including phenoxy) is 1. The Kier molecular flexibility index (Phi) is 4.76. The van der Waals surface area contributed by atoms with Crippen molar-refractivity contribution < 1.29 is 29.3 Å². The van der Waals surface area contributed by atoms with Gasteiger partial charge in [-0.25, -0.2) is 4.79 Å². The van der Waals surface area contributed by atoms with E-state index in [-0.39, 0.29) is 5.82 Å². The molecule has 0 spiro atoms. The minimum absolute atomic E-state index is 0.0115. The fraction of sp³-hybridized carbons (Fsp3) is 0.556. The zero-order valence-corrected chi connectivity index (χ0v) is 12.1. The summed E-state index contributed by atoms with van der Waals surface area (Å²) in [4.78, 5) is 36.6. The van der Waals surface area contributed by atoms with Crippen LogP contribution in [0.5, 0.6) is 0 Å². The summed E-state index contributed by atoms with van der Waals surface area (Å²) >= 11 is 4.04. The molecule has 1 fully saturated rings. The van der Waals surface area contributed by atoms with E-state index in [4.69, 9.17) is 10.5 Å². The molecular weight excluding hydrogens is 325 g/mol. The third-order valence-corrected chi connectivity index (χ3v) is 3.64. The Hall–Kier alpha value is -0.910. The molecular formula is C9H12N3O7PS-2. The SMILES string of the molecule is Nc1ccn([C@@H]2O[C@H](COP([O-])([O-])=S)[C@H](O)C2O)c(=O)n1. The van der Waals surface area contributed by atoms with Crippen LogP contribution in [0.25, 0.3) is 0 Å². The van der Waals surface area contributed by atoms with Crippen molar-refractivity contribution in [1.29, 1.82) is 0 Å². The van der Waals surface area contributed by atoms with Gasteiger partial charge < -0.3 is 35.0 Å². The number of aromatic nitrogens is 2. The molecule has 1 aliphatic heterocycles. The highest BCUT2D eigenvalue weighted by molar-refractivity contribution is 8.05. The maximum atomic E-state index is 11.7. The second kappa shape index (κ2) is 6.07. The molecule has 1 aromatic heterocycles. The molecule has 1 saturated heterocycles. The van der Waals surface area contributed by atoms with Crippen molar-refractivity contribution in [3.05, 3.63) is 22.7 Å². The van der Waals surface area contributed by atoms with Gasteiger partial charge in [0, 0.05) is 6.20 Å². The molecule has 2 rings (SSSR count). The summed E-state index contributed by atoms with van der Waals surface area (Å²) in [5, 5.41) is 19.7. The lowest BCUT2D eigenvalue weighted by Gasteiger charge is -2.35. The third-order valence-electron chi connectivity index (χ3n) is 2.86. The Balaban J connectivity index is 2.16. The van der Waals surface area contributed by atoms with E-state index in [1.807, 2.05) is 0 Å². The quantitative estimate of drug-likeness (QED) is 0.467. The van der Waals surface area contributed by atoms with Gasteiger partial charge in [0.15, 0.2) is 6.23 Å². The highest BCUT2D eigenvalue weighted by Crippen LogP contribution is 2.32. The molecule has 1 aliphatic rings. The van der Waals surface area contributed by atoms with Crippen molar-refractivity contribution in [3.8, 4) is 0 Å². The van der Waals surface area contributed by atoms with Gasteiger partial charge in [-0.2, -0.15) is 4.98 Å². The van der Waals surface area contributed by atoms with E-state index in [9.17, 15) is 24.8 Å². The van der Waals surface area contributed by atoms with Crippen LogP contribution in [0.3, 0.4) is 0 Å². The molecule has 12 heteroatoms. The molecule has 21 heavy (non-hydrogen) atoms. The number of aliphatic hydroxyl groups is 2. The zero-order chi connectivity index (χ0) is 15.8. The Morgan fingerprint density at radius 2 is 2.19 bits per heavy atom. The van der Waals surface area contributed by atoms with Gasteiger partial charge in [0.25, 0.3) is 0 Å². The molecule has 10 nitrogen and oxygen atoms in total. The number of hydrogen-bond acceptors (Lipinski definition) is 10. The van der Waals surface area contributed by atoms with Gasteiger partial charge in [-0.05, 0) is 6.07 Å². The van der Waals surface area contributed by atoms with E-state index in [2.05, 4.69) is 21.3 Å². The summed E-state index contributed by atoms with van der Waals surface area (Å²) in [6.07, 6.45) is -4.11. The van der Waals surface area contributed by atoms with Crippen LogP contribution in [-0.4, -0.2) is 44.7 Å². The van der Waals surface area contributed by atoms with Gasteiger partial charge in [-0.15, -0.1) is 11.8 Å². The largest absolute Gasteiger partial charge is 0.812 e. The molecule has 4 atom stereocenters. The summed E-state index contributed by atoms with van der Waals surface area (Å²) in [6, 6.07) is 1.31. The van der Waals surface area contributed by atoms with Crippen LogP contribution in [0.15, 0.2) is 17.1 Å². The summed E-state index contributed by atoms with van der Waals surface area (Å²) in [7, 11) is 0. The van der Waals surface area contributed by atoms with E-state index in [1.165, 1.54) is 12.3 Å². The lowest BCUT2D eigenvalue weighted by molar-refractivity contribution is -0.322. The van der Waals surface area contributed by atoms with E-state index < -0.39 is 43.6 Å². The fourth-order valence-electron chi connectivity index (χ4n) is 1.88. The van der Waals surface area contributed by atoms with Crippen LogP contribution in [0.4, 0.5) is 5.82 Å². The monoisotopic (exact) mass is 337 g/mol. The van der Waals surface area contributed by atoms with Gasteiger partial charge >= 0.3 is 5.69 Å². The second-order valence-electron chi connectivity index (χ2n) is 4.33. The Labute approximate surface area is 123 Å². The van der Waals surface area contributed by atoms with Crippen LogP contribution < -0.4 is 21.2 Å². The highest BCUT2D eigenvalue weighted by atomic mass is 32.5. The average Bonchev–Trinajstić information content (AvgIpc) is 2.64. The predicted molar refractivity (Wildman–Crippen MR) is 69.1 cm³/mol. The lowest BCUT2D eigenvalue weighted by Crippen LogP contribution is -2.36. The van der Waals surface area contributed by atoms with Crippen molar-refractivity contribution in [1.82, 2.24) is 9.55 Å². The number of anilines is 1. The number of hydrogen-bond donors (Lipinski definition) is 3. The van der Waals surface area contributed by atoms with Gasteiger partial charge in [-0.1, -0.05) is 6.72 Å². The average molecular weight is 337 g/mol. The first-order chi connectivity index (χ1) is 9.69. The van der Waals surface area contributed by atoms with Crippen molar-refractivity contribution in [2.45, 2.75) is 24.5 Å². The van der Waals surface area contributed by atoms with E-state index in [1.54, 1.807) is 0 Å². The zero-order valence-electron chi connectivity index (χ0n) is 10.4. The summed E-state index contributed by atoms with van der Waals surface area (Å²) < 4.78 is 10.5. The number of nitrogen functional groups attached to an aromatic ring is 1. The second-order valence-corrected chi connectivity index (χ2v) is 6.83. The van der Waals surface area contributed by atoms with E-state index in [0.717, 1.165) is 4.57 Å². The maximum absolute atomic E-state index is 11.7. The van der Waals surface area contributed by atoms with Crippen molar-refractivity contribution in [2.24, 2.45) is 0 Å². The van der Waals surface area contributed by atoms with Crippen LogP contribution >= 0.6 is 6.72 Å². The molecule has 1 aromatic rings. The molecule has 0 amide bonds. The smallest absolute Gasteiger partial charge is 0.351 e. The van der Waals surface area contributed by atoms with Gasteiger partial charge in [0.05, 0.1) is 6.61 Å². The molecule has 4 N–H and O–H groups in total. The highest BCUT2D eigenvalue weighted by Gasteiger charge is 2.44. The third kappa shape index (κ3) is 3.84. The summed E-state index contributed by atoms with van der Waals surface area (Å²) in [5.74, 6) is -0.0115. The standard InChI is InChI=1S/C9H14N3O7PS/c10-5-1-2-12(9(15)11-5)8-7(14)6(13)4(19-8)3-18-20(16,17)21/h1-2,4,6-8,13-14H,3H2,(H2,10,11,15)(H2,16,17,21)/p-2/t4-,6+,7?,8-/m1/s1. The summed E-state index contributed by atoms with van der Waals surface area (Å²) in [5.41, 5.74) is 4.55. The topological polar surface area (TPSA) is 166 Å². The van der Waals surface area contributed by atoms with Gasteiger partial charge in [0.2, 0.25) is 0 Å². The van der Waals surface area contributed by atoms with Gasteiger partial charge in [-0.3, -0.25) is 4.57 Å². The Morgan fingerprint density at radius 3 is 2.76 bits per heavy atom. The maximum Gasteiger partial charge on any atom is 0.351 e. The van der Waals surface area contributed by atoms with Crippen LogP contribution in [0.2, 0.25) is 0 Å². The Morgan fingerprint density at radius 1 is 1.52 bits per heavy atom. The fourth-order valence-corrected chi connectivity index (χ4v) is 2.39. The normalized spacial score (nSPS) is 29.7. The lowest BCUT2D eigenvalue weighted by atomic mass is 10.1. The Bertz CT molecular complexity index is 620. The predicted octanol–water partition coefficient (Wildman–Crippen LogP) is -3.59. The minimum Gasteiger partial charge on any atom is -0.812 e. The number of aliphatic hydroxyl groups excluding tert-OH is 2. The van der Waals surface area contributed by atoms with Crippen molar-refractivity contribution in [2.75, 3.05) is 12.3 Å². The van der Waals surface area contributed by atoms with Crippen LogP contribution in [0, 0.1) is 0 Å². The first kappa shape index (κ1) is 16.5. The number of rotatable bonds is 4. The first-order valence-corrected chi connectivity index (χ1v) is 8.27. The van der Waals surface area contributed by atoms with E-state index >= 15 is 0 Å². The molecule has 0 aromatic carbocycles. The van der Waals surface area contributed by atoms with Gasteiger partial charge in [0.1, 0.15) is 24.1 Å². The van der Waals surface area contributed by atoms with Crippen LogP contribution in [-0.2, 0) is 21.1 Å². The van der Waals surface area contributed by atoms with Crippen molar-refractivity contribution >= 4 is 24.3 Å². The van der Waals surface area contributed by atoms with E-state index in [0.29, 0.717) is 0 Å². The molecule has 0 saturated carbocycles. The number of nitrogens with zero attached hydrogens (tertiary/aromatic N) is 2. The minimum atomic E-state index is -4.41. The molecule has 0 radical (unpaired) electrons. The molecule has 1 unspecified atom stereocenters. The molecule has 2 heterocycles. The van der Waals surface area contributed by atoms with Crippen LogP contribution in [0.1, 0.15) is 6.23 Å². The van der Waals surface area contributed by atoms with Crippen molar-refractivity contribution in [3.63, 3.8) is 0 Å². The molecule has 118 valence electrons. The molecule has 0 bridgehead atoms. The molecule has 0 aliphatic carbocycles. The summed E-state index contributed by atoms with van der Waals surface area (Å²) in [6.45, 7) is -4.98. The first-order valence-electron chi connectivity index (χ1n) is 5.72.